The monoisotopic (exact) mass is 498 g/mol. The smallest absolute Gasteiger partial charge is 0.303 e. The number of hydrogen-bond donors (Lipinski definition) is 3. The molecule has 0 radical (unpaired) electrons. The first kappa shape index (κ1) is 25.7. The molecule has 1 aromatic rings. The van der Waals surface area contributed by atoms with Crippen molar-refractivity contribution in [2.75, 3.05) is 0 Å². The van der Waals surface area contributed by atoms with Gasteiger partial charge in [0.2, 0.25) is 0 Å². The first-order valence-corrected chi connectivity index (χ1v) is 13.7. The lowest BCUT2D eigenvalue weighted by Gasteiger charge is -2.62. The van der Waals surface area contributed by atoms with Crippen LogP contribution in [0, 0.1) is 28.6 Å². The summed E-state index contributed by atoms with van der Waals surface area (Å²) in [6.45, 7) is 10.7. The lowest BCUT2D eigenvalue weighted by Crippen LogP contribution is -2.59. The maximum absolute atomic E-state index is 12.5. The van der Waals surface area contributed by atoms with Gasteiger partial charge in [0, 0.05) is 29.6 Å². The number of carbonyl (C=O) groups is 2. The van der Waals surface area contributed by atoms with Crippen LogP contribution in [-0.4, -0.2) is 38.8 Å². The van der Waals surface area contributed by atoms with E-state index in [1.165, 1.54) is 0 Å². The molecule has 8 atom stereocenters. The summed E-state index contributed by atoms with van der Waals surface area (Å²) in [5.74, 6) is 1.55. The van der Waals surface area contributed by atoms with E-state index in [2.05, 4.69) is 46.8 Å². The molecule has 0 unspecified atom stereocenters. The molecule has 0 spiro atoms. The average Bonchev–Trinajstić information content (AvgIpc) is 3.37. The van der Waals surface area contributed by atoms with E-state index in [4.69, 9.17) is 4.42 Å². The summed E-state index contributed by atoms with van der Waals surface area (Å²) in [6, 6.07) is 4.15. The number of carboxylic acids is 1. The Bertz CT molecular complexity index is 1090. The molecule has 0 aromatic carbocycles. The number of rotatable bonds is 4. The highest BCUT2D eigenvalue weighted by Gasteiger charge is 2.67. The lowest BCUT2D eigenvalue weighted by molar-refractivity contribution is -0.157. The lowest BCUT2D eigenvalue weighted by atomic mass is 9.43. The molecule has 1 aromatic heterocycles. The van der Waals surface area contributed by atoms with Gasteiger partial charge in [-0.25, -0.2) is 0 Å². The average molecular weight is 499 g/mol. The standard InChI is InChI=1S/C30H42O6/c1-27(2,3)24-7-6-22(36-24)19-15-17-14-18(31)16-23(32)29(17,5)21-8-11-28(4)20(26(19)21)9-12-30(28,35)13-10-25(33)34/h6-7,14,19-21,23,26,32,35H,8-13,15-16H2,1-5H3,(H,33,34)/t19-,20-,21-,23-,26-,28-,29-,30+/m0/s1. The molecule has 6 nitrogen and oxygen atoms in total. The molecule has 0 aliphatic heterocycles. The quantitative estimate of drug-likeness (QED) is 0.515. The fourth-order valence-corrected chi connectivity index (χ4v) is 8.70. The minimum Gasteiger partial charge on any atom is -0.481 e. The predicted molar refractivity (Wildman–Crippen MR) is 135 cm³/mol. The van der Waals surface area contributed by atoms with Gasteiger partial charge < -0.3 is 19.7 Å². The Morgan fingerprint density at radius 1 is 1.11 bits per heavy atom. The van der Waals surface area contributed by atoms with Crippen LogP contribution < -0.4 is 0 Å². The number of hydrogen-bond acceptors (Lipinski definition) is 5. The highest BCUT2D eigenvalue weighted by molar-refractivity contribution is 5.92. The first-order chi connectivity index (χ1) is 16.7. The molecule has 0 amide bonds. The third kappa shape index (κ3) is 3.65. The zero-order valence-corrected chi connectivity index (χ0v) is 22.3. The Morgan fingerprint density at radius 2 is 1.81 bits per heavy atom. The maximum Gasteiger partial charge on any atom is 0.303 e. The summed E-state index contributed by atoms with van der Waals surface area (Å²) in [7, 11) is 0. The van der Waals surface area contributed by atoms with Crippen molar-refractivity contribution >= 4 is 11.8 Å². The van der Waals surface area contributed by atoms with E-state index in [1.54, 1.807) is 6.08 Å². The number of furan rings is 1. The molecule has 198 valence electrons. The van der Waals surface area contributed by atoms with Crippen molar-refractivity contribution in [1.82, 2.24) is 0 Å². The summed E-state index contributed by atoms with van der Waals surface area (Å²) >= 11 is 0. The van der Waals surface area contributed by atoms with Crippen molar-refractivity contribution in [3.63, 3.8) is 0 Å². The Labute approximate surface area is 214 Å². The van der Waals surface area contributed by atoms with Crippen molar-refractivity contribution in [3.8, 4) is 0 Å². The van der Waals surface area contributed by atoms with Gasteiger partial charge in [0.15, 0.2) is 5.78 Å². The molecule has 1 heterocycles. The van der Waals surface area contributed by atoms with Crippen molar-refractivity contribution < 1.29 is 29.3 Å². The van der Waals surface area contributed by atoms with Gasteiger partial charge in [-0.05, 0) is 79.9 Å². The topological polar surface area (TPSA) is 108 Å². The van der Waals surface area contributed by atoms with Crippen LogP contribution in [0.5, 0.6) is 0 Å². The normalized spacial score (nSPS) is 42.4. The van der Waals surface area contributed by atoms with Gasteiger partial charge >= 0.3 is 5.97 Å². The fraction of sp³-hybridized carbons (Fsp3) is 0.733. The molecule has 4 aliphatic rings. The number of ketones is 1. The van der Waals surface area contributed by atoms with Crippen LogP contribution in [0.1, 0.15) is 103 Å². The summed E-state index contributed by atoms with van der Waals surface area (Å²) in [4.78, 5) is 23.9. The Morgan fingerprint density at radius 3 is 2.44 bits per heavy atom. The predicted octanol–water partition coefficient (Wildman–Crippen LogP) is 5.37. The van der Waals surface area contributed by atoms with Crippen LogP contribution in [0.25, 0.3) is 0 Å². The van der Waals surface area contributed by atoms with Crippen LogP contribution in [0.3, 0.4) is 0 Å². The molecule has 5 rings (SSSR count). The molecular formula is C30H42O6. The first-order valence-electron chi connectivity index (χ1n) is 13.7. The third-order valence-corrected chi connectivity index (χ3v) is 10.9. The number of aliphatic hydroxyl groups is 2. The Balaban J connectivity index is 1.60. The van der Waals surface area contributed by atoms with E-state index in [0.717, 1.165) is 36.4 Å². The van der Waals surface area contributed by atoms with Gasteiger partial charge in [-0.3, -0.25) is 9.59 Å². The highest BCUT2D eigenvalue weighted by Crippen LogP contribution is 2.70. The minimum absolute atomic E-state index is 0.00781. The van der Waals surface area contributed by atoms with Crippen LogP contribution in [0.4, 0.5) is 0 Å². The highest BCUT2D eigenvalue weighted by atomic mass is 16.4. The molecule has 36 heavy (non-hydrogen) atoms. The van der Waals surface area contributed by atoms with E-state index >= 15 is 0 Å². The molecule has 6 heteroatoms. The van der Waals surface area contributed by atoms with Crippen molar-refractivity contribution in [3.05, 3.63) is 35.3 Å². The Kier molecular flexibility index (Phi) is 5.92. The fourth-order valence-electron chi connectivity index (χ4n) is 8.70. The molecule has 3 fully saturated rings. The Hall–Kier alpha value is -1.92. The van der Waals surface area contributed by atoms with Crippen molar-refractivity contribution in [2.45, 2.75) is 109 Å². The van der Waals surface area contributed by atoms with E-state index < -0.39 is 28.5 Å². The number of fused-ring (bicyclic) bond motifs is 5. The zero-order valence-electron chi connectivity index (χ0n) is 22.3. The van der Waals surface area contributed by atoms with Gasteiger partial charge in [0.1, 0.15) is 11.5 Å². The van der Waals surface area contributed by atoms with Crippen LogP contribution in [-0.2, 0) is 15.0 Å². The minimum atomic E-state index is -1.01. The number of aliphatic carboxylic acids is 1. The molecular weight excluding hydrogens is 456 g/mol. The zero-order chi connectivity index (χ0) is 26.3. The summed E-state index contributed by atoms with van der Waals surface area (Å²) in [5.41, 5.74) is -0.966. The number of aliphatic hydroxyl groups excluding tert-OH is 1. The van der Waals surface area contributed by atoms with E-state index in [0.29, 0.717) is 12.8 Å². The SMILES string of the molecule is CC(C)(C)c1ccc([C@@H]2CC3=CC(=O)C[C@H](O)[C@]3(C)[C@H]3CC[C@@]4(C)[C@@H](CC[C@@]4(O)CCC(=O)O)[C@H]23)o1. The van der Waals surface area contributed by atoms with Gasteiger partial charge in [0.25, 0.3) is 0 Å². The second-order valence-electron chi connectivity index (χ2n) is 13.6. The van der Waals surface area contributed by atoms with E-state index in [1.807, 2.05) is 0 Å². The van der Waals surface area contributed by atoms with Crippen molar-refractivity contribution in [1.29, 1.82) is 0 Å². The summed E-state index contributed by atoms with van der Waals surface area (Å²) in [6.07, 6.45) is 5.19. The van der Waals surface area contributed by atoms with Crippen LogP contribution in [0.2, 0.25) is 0 Å². The molecule has 3 N–H and O–H groups in total. The third-order valence-electron chi connectivity index (χ3n) is 10.9. The number of carboxylic acid groups (broad SMARTS) is 1. The van der Waals surface area contributed by atoms with E-state index in [9.17, 15) is 24.9 Å². The molecule has 0 bridgehead atoms. The van der Waals surface area contributed by atoms with Gasteiger partial charge in [-0.2, -0.15) is 0 Å². The molecule has 0 saturated heterocycles. The van der Waals surface area contributed by atoms with Gasteiger partial charge in [-0.1, -0.05) is 40.2 Å². The van der Waals surface area contributed by atoms with Gasteiger partial charge in [-0.15, -0.1) is 0 Å². The van der Waals surface area contributed by atoms with Crippen LogP contribution >= 0.6 is 0 Å². The van der Waals surface area contributed by atoms with Gasteiger partial charge in [0.05, 0.1) is 11.7 Å². The maximum atomic E-state index is 12.5. The second kappa shape index (κ2) is 8.29. The second-order valence-corrected chi connectivity index (χ2v) is 13.6. The molecule has 4 aliphatic carbocycles. The number of carbonyl (C=O) groups excluding carboxylic acids is 1. The summed E-state index contributed by atoms with van der Waals surface area (Å²) in [5, 5.41) is 32.5. The molecule has 3 saturated carbocycles. The van der Waals surface area contributed by atoms with Crippen LogP contribution in [0.15, 0.2) is 28.2 Å². The summed E-state index contributed by atoms with van der Waals surface area (Å²) < 4.78 is 6.50. The van der Waals surface area contributed by atoms with E-state index in [-0.39, 0.29) is 54.1 Å². The van der Waals surface area contributed by atoms with Crippen molar-refractivity contribution in [2.24, 2.45) is 28.6 Å². The largest absolute Gasteiger partial charge is 0.481 e.